The Labute approximate surface area is 539 Å². The lowest BCUT2D eigenvalue weighted by Crippen LogP contribution is -2.45. The first kappa shape index (κ1) is 84.6. The van der Waals surface area contributed by atoms with E-state index in [1.807, 2.05) is 0 Å². The maximum Gasteiger partial charge on any atom is 0.305 e. The Morgan fingerprint density at radius 2 is 0.547 bits per heavy atom. The van der Waals surface area contributed by atoms with E-state index in [4.69, 9.17) is 4.74 Å². The van der Waals surface area contributed by atoms with Crippen LogP contribution in [-0.2, 0) is 14.3 Å². The van der Waals surface area contributed by atoms with Crippen molar-refractivity contribution in [1.82, 2.24) is 5.32 Å². The van der Waals surface area contributed by atoms with Crippen LogP contribution in [0, 0.1) is 0 Å². The molecule has 2 atom stereocenters. The summed E-state index contributed by atoms with van der Waals surface area (Å²) in [4.78, 5) is 24.6. The van der Waals surface area contributed by atoms with E-state index in [1.165, 1.54) is 392 Å². The van der Waals surface area contributed by atoms with E-state index in [0.29, 0.717) is 25.9 Å². The van der Waals surface area contributed by atoms with E-state index in [-0.39, 0.29) is 18.5 Å². The number of allylic oxidation sites excluding steroid dienone is 2. The molecule has 0 aliphatic carbocycles. The highest BCUT2D eigenvalue weighted by molar-refractivity contribution is 5.76. The molecule has 0 radical (unpaired) electrons. The lowest BCUT2D eigenvalue weighted by Gasteiger charge is -2.22. The number of nitrogens with one attached hydrogen (secondary N) is 1. The van der Waals surface area contributed by atoms with Crippen molar-refractivity contribution < 1.29 is 24.5 Å². The van der Waals surface area contributed by atoms with Gasteiger partial charge in [-0.15, -0.1) is 0 Å². The summed E-state index contributed by atoms with van der Waals surface area (Å²) >= 11 is 0. The molecule has 6 heteroatoms. The Bertz CT molecular complexity index is 1300. The summed E-state index contributed by atoms with van der Waals surface area (Å²) in [7, 11) is 0. The molecule has 2 unspecified atom stereocenters. The average Bonchev–Trinajstić information content (AvgIpc) is 3.54. The van der Waals surface area contributed by atoms with Gasteiger partial charge in [0.1, 0.15) is 0 Å². The number of aliphatic hydroxyl groups excluding tert-OH is 2. The highest BCUT2D eigenvalue weighted by Crippen LogP contribution is 2.20. The number of unbranched alkanes of at least 4 members (excludes halogenated alkanes) is 63. The van der Waals surface area contributed by atoms with Gasteiger partial charge < -0.3 is 20.3 Å². The van der Waals surface area contributed by atoms with Crippen molar-refractivity contribution in [3.8, 4) is 0 Å². The minimum absolute atomic E-state index is 0.0276. The second-order valence-electron chi connectivity index (χ2n) is 27.8. The first-order chi connectivity index (χ1) is 42.5. The van der Waals surface area contributed by atoms with Crippen LogP contribution >= 0.6 is 0 Å². The van der Waals surface area contributed by atoms with Crippen molar-refractivity contribution in [2.24, 2.45) is 0 Å². The summed E-state index contributed by atoms with van der Waals surface area (Å²) < 4.78 is 5.52. The standard InChI is InChI=1S/C80H157NO5/c1-3-5-7-9-11-13-15-17-18-42-46-50-54-58-62-66-70-74-80(85)86-75-71-67-63-59-55-51-47-44-41-39-37-35-33-31-29-27-25-23-21-19-20-22-24-26-28-30-32-34-36-38-40-43-45-49-53-57-61-65-69-73-79(84)81-77(76-82)78(83)72-68-64-60-56-52-48-16-14-12-10-8-6-4-2/h19-20,77-78,82-83H,3-18,21-76H2,1-2H3,(H,81,84)/b20-19-. The molecule has 0 aromatic carbocycles. The third-order valence-corrected chi connectivity index (χ3v) is 19.1. The maximum absolute atomic E-state index is 12.5. The number of hydrogen-bond acceptors (Lipinski definition) is 5. The molecule has 0 aliphatic rings. The fraction of sp³-hybridized carbons (Fsp3) is 0.950. The molecule has 0 bridgehead atoms. The molecule has 0 saturated carbocycles. The molecular weight excluding hydrogens is 1050 g/mol. The molecule has 0 aliphatic heterocycles. The van der Waals surface area contributed by atoms with Gasteiger partial charge in [-0.1, -0.05) is 411 Å². The Hall–Kier alpha value is -1.40. The first-order valence-corrected chi connectivity index (χ1v) is 39.9. The van der Waals surface area contributed by atoms with Gasteiger partial charge in [-0.2, -0.15) is 0 Å². The van der Waals surface area contributed by atoms with E-state index in [9.17, 15) is 19.8 Å². The topological polar surface area (TPSA) is 95.9 Å². The molecule has 512 valence electrons. The summed E-state index contributed by atoms with van der Waals surface area (Å²) in [6, 6.07) is -0.537. The molecule has 0 aromatic rings. The molecule has 0 aromatic heterocycles. The van der Waals surface area contributed by atoms with Gasteiger partial charge in [0.25, 0.3) is 0 Å². The first-order valence-electron chi connectivity index (χ1n) is 39.9. The van der Waals surface area contributed by atoms with Crippen molar-refractivity contribution in [3.05, 3.63) is 12.2 Å². The van der Waals surface area contributed by atoms with Crippen molar-refractivity contribution in [2.75, 3.05) is 13.2 Å². The van der Waals surface area contributed by atoms with E-state index in [2.05, 4.69) is 31.3 Å². The van der Waals surface area contributed by atoms with Gasteiger partial charge in [-0.05, 0) is 51.4 Å². The van der Waals surface area contributed by atoms with Crippen LogP contribution in [0.15, 0.2) is 12.2 Å². The van der Waals surface area contributed by atoms with Gasteiger partial charge >= 0.3 is 5.97 Å². The molecule has 0 heterocycles. The zero-order chi connectivity index (χ0) is 62.0. The zero-order valence-corrected chi connectivity index (χ0v) is 58.8. The Morgan fingerprint density at radius 1 is 0.314 bits per heavy atom. The monoisotopic (exact) mass is 1210 g/mol. The number of carbonyl (C=O) groups is 2. The Balaban J connectivity index is 3.29. The van der Waals surface area contributed by atoms with E-state index >= 15 is 0 Å². The summed E-state index contributed by atoms with van der Waals surface area (Å²) in [6.07, 6.45) is 96.1. The average molecular weight is 1210 g/mol. The number of ether oxygens (including phenoxy) is 1. The SMILES string of the molecule is CCCCCCCCCCCCCCCCCCCC(=O)OCCCCCCCCCCCCCCCCCCCC/C=C\CCCCCCCCCCCCCCCCCCCC(=O)NC(CO)C(O)CCCCCCCCCCCCCCC. The molecule has 86 heavy (non-hydrogen) atoms. The second-order valence-corrected chi connectivity index (χ2v) is 27.8. The zero-order valence-electron chi connectivity index (χ0n) is 58.8. The highest BCUT2D eigenvalue weighted by atomic mass is 16.5. The van der Waals surface area contributed by atoms with Gasteiger partial charge in [-0.25, -0.2) is 0 Å². The molecule has 1 amide bonds. The smallest absolute Gasteiger partial charge is 0.305 e. The lowest BCUT2D eigenvalue weighted by atomic mass is 10.0. The quantitative estimate of drug-likeness (QED) is 0.0320. The fourth-order valence-electron chi connectivity index (χ4n) is 13.0. The van der Waals surface area contributed by atoms with Gasteiger partial charge in [0, 0.05) is 12.8 Å². The fourth-order valence-corrected chi connectivity index (χ4v) is 13.0. The Morgan fingerprint density at radius 3 is 0.826 bits per heavy atom. The van der Waals surface area contributed by atoms with E-state index in [0.717, 1.165) is 38.5 Å². The number of rotatable bonds is 76. The summed E-state index contributed by atoms with van der Waals surface area (Å²) in [5, 5.41) is 23.3. The minimum atomic E-state index is -0.660. The predicted octanol–water partition coefficient (Wildman–Crippen LogP) is 26.3. The second kappa shape index (κ2) is 76.1. The summed E-state index contributed by atoms with van der Waals surface area (Å²) in [6.45, 7) is 5.00. The summed E-state index contributed by atoms with van der Waals surface area (Å²) in [5.41, 5.74) is 0. The van der Waals surface area contributed by atoms with Crippen LogP contribution in [0.4, 0.5) is 0 Å². The van der Waals surface area contributed by atoms with Crippen molar-refractivity contribution >= 4 is 11.9 Å². The number of aliphatic hydroxyl groups is 2. The van der Waals surface area contributed by atoms with Gasteiger partial charge in [0.2, 0.25) is 5.91 Å². The number of amides is 1. The van der Waals surface area contributed by atoms with E-state index in [1.54, 1.807) is 0 Å². The maximum atomic E-state index is 12.5. The molecule has 0 fully saturated rings. The normalized spacial score (nSPS) is 12.5. The molecule has 6 nitrogen and oxygen atoms in total. The predicted molar refractivity (Wildman–Crippen MR) is 380 cm³/mol. The molecule has 0 spiro atoms. The van der Waals surface area contributed by atoms with E-state index < -0.39 is 12.1 Å². The van der Waals surface area contributed by atoms with Crippen molar-refractivity contribution in [3.63, 3.8) is 0 Å². The minimum Gasteiger partial charge on any atom is -0.466 e. The van der Waals surface area contributed by atoms with Gasteiger partial charge in [0.15, 0.2) is 0 Å². The van der Waals surface area contributed by atoms with Crippen molar-refractivity contribution in [2.45, 2.75) is 475 Å². The molecule has 0 saturated heterocycles. The van der Waals surface area contributed by atoms with Crippen molar-refractivity contribution in [1.29, 1.82) is 0 Å². The lowest BCUT2D eigenvalue weighted by molar-refractivity contribution is -0.143. The van der Waals surface area contributed by atoms with Crippen LogP contribution in [-0.4, -0.2) is 47.4 Å². The molecule has 3 N–H and O–H groups in total. The van der Waals surface area contributed by atoms with Crippen LogP contribution in [0.25, 0.3) is 0 Å². The third-order valence-electron chi connectivity index (χ3n) is 19.1. The molecule has 0 rings (SSSR count). The number of carbonyl (C=O) groups excluding carboxylic acids is 2. The molecular formula is C80H157NO5. The number of hydrogen-bond donors (Lipinski definition) is 3. The van der Waals surface area contributed by atoms with Crippen LogP contribution in [0.5, 0.6) is 0 Å². The van der Waals surface area contributed by atoms with Crippen LogP contribution in [0.3, 0.4) is 0 Å². The van der Waals surface area contributed by atoms with Gasteiger partial charge in [-0.3, -0.25) is 9.59 Å². The van der Waals surface area contributed by atoms with Crippen LogP contribution in [0.2, 0.25) is 0 Å². The number of esters is 1. The third kappa shape index (κ3) is 71.7. The highest BCUT2D eigenvalue weighted by Gasteiger charge is 2.20. The van der Waals surface area contributed by atoms with Crippen LogP contribution in [0.1, 0.15) is 463 Å². The summed E-state index contributed by atoms with van der Waals surface area (Å²) in [5.74, 6) is -0.0000752. The van der Waals surface area contributed by atoms with Crippen LogP contribution < -0.4 is 5.32 Å². The van der Waals surface area contributed by atoms with Gasteiger partial charge in [0.05, 0.1) is 25.4 Å². The Kier molecular flexibility index (Phi) is 74.8. The largest absolute Gasteiger partial charge is 0.466 e.